The number of methoxy groups -OCH3 is 3. The van der Waals surface area contributed by atoms with Crippen LogP contribution in [0.3, 0.4) is 0 Å². The van der Waals surface area contributed by atoms with Crippen molar-refractivity contribution >= 4 is 17.5 Å². The van der Waals surface area contributed by atoms with Crippen molar-refractivity contribution in [3.05, 3.63) is 59.2 Å². The van der Waals surface area contributed by atoms with E-state index in [9.17, 15) is 9.59 Å². The molecule has 1 aliphatic carbocycles. The molecule has 2 aromatic carbocycles. The molecule has 0 bridgehead atoms. The van der Waals surface area contributed by atoms with Gasteiger partial charge >= 0.3 is 0 Å². The van der Waals surface area contributed by atoms with Crippen LogP contribution in [0, 0.1) is 12.8 Å². The molecular formula is C28H35N3O5. The lowest BCUT2D eigenvalue weighted by Crippen LogP contribution is -2.46. The van der Waals surface area contributed by atoms with Gasteiger partial charge in [-0.3, -0.25) is 9.59 Å². The third kappa shape index (κ3) is 5.54. The summed E-state index contributed by atoms with van der Waals surface area (Å²) in [6.07, 6.45) is 3.35. The number of carbonyl (C=O) groups excluding carboxylic acids is 2. The molecule has 2 amide bonds. The molecule has 0 unspecified atom stereocenters. The minimum absolute atomic E-state index is 0.00347. The van der Waals surface area contributed by atoms with E-state index in [1.54, 1.807) is 26.2 Å². The Morgan fingerprint density at radius 3 is 2.42 bits per heavy atom. The van der Waals surface area contributed by atoms with Crippen LogP contribution >= 0.6 is 0 Å². The van der Waals surface area contributed by atoms with Crippen molar-refractivity contribution in [1.29, 1.82) is 0 Å². The predicted octanol–water partition coefficient (Wildman–Crippen LogP) is 3.97. The van der Waals surface area contributed by atoms with Gasteiger partial charge in [0.05, 0.1) is 32.6 Å². The van der Waals surface area contributed by atoms with Crippen LogP contribution in [0.25, 0.3) is 0 Å². The summed E-state index contributed by atoms with van der Waals surface area (Å²) in [6, 6.07) is 13.4. The monoisotopic (exact) mass is 493 g/mol. The van der Waals surface area contributed by atoms with E-state index in [4.69, 9.17) is 19.3 Å². The van der Waals surface area contributed by atoms with Crippen LogP contribution < -0.4 is 9.47 Å². The number of rotatable bonds is 10. The van der Waals surface area contributed by atoms with Gasteiger partial charge < -0.3 is 19.1 Å². The fraction of sp³-hybridized carbons (Fsp3) is 0.464. The van der Waals surface area contributed by atoms with Crippen molar-refractivity contribution in [3.63, 3.8) is 0 Å². The van der Waals surface area contributed by atoms with Crippen molar-refractivity contribution in [2.75, 3.05) is 41.0 Å². The van der Waals surface area contributed by atoms with Crippen LogP contribution in [0.2, 0.25) is 0 Å². The number of hydrazone groups is 1. The quantitative estimate of drug-likeness (QED) is 0.500. The summed E-state index contributed by atoms with van der Waals surface area (Å²) in [5.41, 5.74) is 3.70. The Bertz CT molecular complexity index is 1110. The summed E-state index contributed by atoms with van der Waals surface area (Å²) in [5.74, 6) is 1.13. The molecule has 1 aliphatic heterocycles. The molecule has 4 rings (SSSR count). The van der Waals surface area contributed by atoms with Crippen molar-refractivity contribution < 1.29 is 23.8 Å². The number of benzene rings is 2. The first kappa shape index (κ1) is 25.7. The molecule has 1 saturated carbocycles. The van der Waals surface area contributed by atoms with Crippen LogP contribution in [-0.2, 0) is 14.3 Å². The van der Waals surface area contributed by atoms with E-state index in [0.717, 1.165) is 41.7 Å². The van der Waals surface area contributed by atoms with Gasteiger partial charge in [0, 0.05) is 37.6 Å². The topological polar surface area (TPSA) is 80.7 Å². The van der Waals surface area contributed by atoms with Gasteiger partial charge in [0.1, 0.15) is 18.0 Å². The number of nitrogens with zero attached hydrogens (tertiary/aromatic N) is 3. The largest absolute Gasteiger partial charge is 0.497 e. The highest BCUT2D eigenvalue weighted by atomic mass is 16.5. The number of hydrogen-bond acceptors (Lipinski definition) is 6. The first-order valence-electron chi connectivity index (χ1n) is 12.4. The molecule has 0 spiro atoms. The lowest BCUT2D eigenvalue weighted by molar-refractivity contribution is -0.146. The minimum Gasteiger partial charge on any atom is -0.497 e. The first-order valence-corrected chi connectivity index (χ1v) is 12.4. The van der Waals surface area contributed by atoms with E-state index < -0.39 is 0 Å². The highest BCUT2D eigenvalue weighted by molar-refractivity contribution is 6.05. The molecule has 2 aliphatic rings. The predicted molar refractivity (Wildman–Crippen MR) is 137 cm³/mol. The second-order valence-electron chi connectivity index (χ2n) is 9.36. The molecule has 1 heterocycles. The molecule has 0 aromatic heterocycles. The molecule has 1 atom stereocenters. The van der Waals surface area contributed by atoms with E-state index in [1.807, 2.05) is 49.4 Å². The van der Waals surface area contributed by atoms with E-state index in [2.05, 4.69) is 0 Å². The lowest BCUT2D eigenvalue weighted by Gasteiger charge is -2.32. The maximum Gasteiger partial charge on any atom is 0.262 e. The second-order valence-corrected chi connectivity index (χ2v) is 9.36. The Morgan fingerprint density at radius 1 is 1.06 bits per heavy atom. The number of hydrogen-bond donors (Lipinski definition) is 0. The Morgan fingerprint density at radius 2 is 1.81 bits per heavy atom. The molecule has 8 heteroatoms. The fourth-order valence-corrected chi connectivity index (χ4v) is 4.61. The summed E-state index contributed by atoms with van der Waals surface area (Å²) < 4.78 is 16.2. The summed E-state index contributed by atoms with van der Waals surface area (Å²) in [5, 5.41) is 6.32. The van der Waals surface area contributed by atoms with Gasteiger partial charge in [0.2, 0.25) is 5.91 Å². The molecule has 2 aromatic rings. The summed E-state index contributed by atoms with van der Waals surface area (Å²) >= 11 is 0. The zero-order chi connectivity index (χ0) is 25.7. The van der Waals surface area contributed by atoms with Crippen molar-refractivity contribution in [3.8, 4) is 11.5 Å². The summed E-state index contributed by atoms with van der Waals surface area (Å²) in [6.45, 7) is 2.76. The normalized spacial score (nSPS) is 17.4. The second kappa shape index (κ2) is 11.6. The zero-order valence-corrected chi connectivity index (χ0v) is 21.5. The Kier molecular flexibility index (Phi) is 8.25. The lowest BCUT2D eigenvalue weighted by atomic mass is 9.84. The fourth-order valence-electron chi connectivity index (χ4n) is 4.61. The van der Waals surface area contributed by atoms with Gasteiger partial charge in [-0.25, -0.2) is 5.01 Å². The summed E-state index contributed by atoms with van der Waals surface area (Å²) in [4.78, 5) is 28.3. The van der Waals surface area contributed by atoms with Gasteiger partial charge in [0.15, 0.2) is 0 Å². The number of amides is 2. The van der Waals surface area contributed by atoms with Crippen molar-refractivity contribution in [1.82, 2.24) is 9.91 Å². The smallest absolute Gasteiger partial charge is 0.262 e. The molecular weight excluding hydrogens is 458 g/mol. The number of carbonyl (C=O) groups is 2. The molecule has 0 saturated heterocycles. The SMILES string of the molecule is COCCN(CC(=O)N1N=C(c2ccc(OC)cc2OC)C[C@@H]1c1ccc(C)cc1)C(=O)C1CCC1. The number of aryl methyl sites for hydroxylation is 1. The zero-order valence-electron chi connectivity index (χ0n) is 21.5. The maximum absolute atomic E-state index is 13.7. The maximum atomic E-state index is 13.7. The van der Waals surface area contributed by atoms with E-state index >= 15 is 0 Å². The highest BCUT2D eigenvalue weighted by Gasteiger charge is 2.36. The van der Waals surface area contributed by atoms with Crippen molar-refractivity contribution in [2.24, 2.45) is 11.0 Å². The Hall–Kier alpha value is -3.39. The Balaban J connectivity index is 1.64. The first-order chi connectivity index (χ1) is 17.4. The van der Waals surface area contributed by atoms with Gasteiger partial charge in [-0.15, -0.1) is 0 Å². The summed E-state index contributed by atoms with van der Waals surface area (Å²) in [7, 11) is 4.81. The molecule has 36 heavy (non-hydrogen) atoms. The molecule has 0 radical (unpaired) electrons. The average molecular weight is 494 g/mol. The molecule has 1 fully saturated rings. The average Bonchev–Trinajstić information content (AvgIpc) is 3.30. The van der Waals surface area contributed by atoms with Gasteiger partial charge in [-0.05, 0) is 37.5 Å². The van der Waals surface area contributed by atoms with Crippen LogP contribution in [0.1, 0.15) is 48.4 Å². The van der Waals surface area contributed by atoms with E-state index in [1.165, 1.54) is 5.01 Å². The van der Waals surface area contributed by atoms with Crippen molar-refractivity contribution in [2.45, 2.75) is 38.6 Å². The van der Waals surface area contributed by atoms with Crippen LogP contribution in [-0.4, -0.2) is 68.5 Å². The third-order valence-electron chi connectivity index (χ3n) is 7.01. The van der Waals surface area contributed by atoms with Gasteiger partial charge in [-0.2, -0.15) is 5.10 Å². The standard InChI is InChI=1S/C28H35N3O5/c1-19-8-10-20(11-9-19)25-17-24(23-13-12-22(35-3)16-26(23)36-4)29-31(25)27(32)18-30(14-15-34-2)28(33)21-6-5-7-21/h8-13,16,21,25H,5-7,14-15,17-18H2,1-4H3/t25-/m1/s1. The van der Waals surface area contributed by atoms with Gasteiger partial charge in [0.25, 0.3) is 5.91 Å². The van der Waals surface area contributed by atoms with Crippen LogP contribution in [0.5, 0.6) is 11.5 Å². The van der Waals surface area contributed by atoms with E-state index in [0.29, 0.717) is 31.1 Å². The molecule has 192 valence electrons. The minimum atomic E-state index is -0.275. The van der Waals surface area contributed by atoms with Crippen LogP contribution in [0.15, 0.2) is 47.6 Å². The van der Waals surface area contributed by atoms with E-state index in [-0.39, 0.29) is 30.3 Å². The third-order valence-corrected chi connectivity index (χ3v) is 7.01. The van der Waals surface area contributed by atoms with Gasteiger partial charge in [-0.1, -0.05) is 36.2 Å². The Labute approximate surface area is 212 Å². The molecule has 0 N–H and O–H groups in total. The highest BCUT2D eigenvalue weighted by Crippen LogP contribution is 2.36. The molecule has 8 nitrogen and oxygen atoms in total. The van der Waals surface area contributed by atoms with Crippen LogP contribution in [0.4, 0.5) is 0 Å². The number of ether oxygens (including phenoxy) is 3.